The fourth-order valence-electron chi connectivity index (χ4n) is 2.26. The third kappa shape index (κ3) is 5.88. The summed E-state index contributed by atoms with van der Waals surface area (Å²) >= 11 is 17.2. The van der Waals surface area contributed by atoms with E-state index in [4.69, 9.17) is 23.2 Å². The molecule has 8 heteroatoms. The largest absolute Gasteiger partial charge is 0.240 e. The molecule has 0 heterocycles. The summed E-state index contributed by atoms with van der Waals surface area (Å²) in [6.45, 7) is 2.28. The summed E-state index contributed by atoms with van der Waals surface area (Å²) < 4.78 is 28.5. The number of sulfonamides is 1. The molecular weight excluding hydrogens is 465 g/mol. The number of hydrogen-bond donors (Lipinski definition) is 1. The second-order valence-corrected chi connectivity index (χ2v) is 9.83. The Hall–Kier alpha value is -0.240. The summed E-state index contributed by atoms with van der Waals surface area (Å²) in [5.41, 5.74) is 1.66. The van der Waals surface area contributed by atoms with Crippen LogP contribution < -0.4 is 4.72 Å². The van der Waals surface area contributed by atoms with E-state index in [1.165, 1.54) is 0 Å². The van der Waals surface area contributed by atoms with Gasteiger partial charge in [0.25, 0.3) is 0 Å². The van der Waals surface area contributed by atoms with Gasteiger partial charge in [-0.25, -0.2) is 13.1 Å². The second kappa shape index (κ2) is 9.62. The Morgan fingerprint density at radius 1 is 1.16 bits per heavy atom. The van der Waals surface area contributed by atoms with Crippen LogP contribution in [0.1, 0.15) is 18.1 Å². The average Bonchev–Trinajstić information content (AvgIpc) is 2.56. The molecule has 0 bridgehead atoms. The van der Waals surface area contributed by atoms with Gasteiger partial charge >= 0.3 is 0 Å². The van der Waals surface area contributed by atoms with Gasteiger partial charge in [-0.15, -0.1) is 0 Å². The van der Waals surface area contributed by atoms with Crippen LogP contribution in [-0.2, 0) is 22.2 Å². The van der Waals surface area contributed by atoms with Crippen molar-refractivity contribution < 1.29 is 8.42 Å². The maximum Gasteiger partial charge on any atom is 0.240 e. The van der Waals surface area contributed by atoms with Crippen LogP contribution in [0.3, 0.4) is 0 Å². The zero-order chi connectivity index (χ0) is 18.4. The molecule has 0 unspecified atom stereocenters. The number of nitrogens with one attached hydrogen (secondary N) is 1. The van der Waals surface area contributed by atoms with Gasteiger partial charge in [0.15, 0.2) is 0 Å². The van der Waals surface area contributed by atoms with E-state index in [0.717, 1.165) is 15.6 Å². The van der Waals surface area contributed by atoms with Crippen LogP contribution in [0.4, 0.5) is 0 Å². The summed E-state index contributed by atoms with van der Waals surface area (Å²) in [5.74, 6) is 1.26. The zero-order valence-electron chi connectivity index (χ0n) is 13.6. The van der Waals surface area contributed by atoms with Gasteiger partial charge in [-0.2, -0.15) is 11.8 Å². The summed E-state index contributed by atoms with van der Waals surface area (Å²) in [6, 6.07) is 10.6. The second-order valence-electron chi connectivity index (χ2n) is 5.26. The quantitative estimate of drug-likeness (QED) is 0.503. The lowest BCUT2D eigenvalue weighted by atomic mass is 10.2. The van der Waals surface area contributed by atoms with Crippen molar-refractivity contribution in [2.24, 2.45) is 0 Å². The maximum absolute atomic E-state index is 12.5. The molecule has 3 nitrogen and oxygen atoms in total. The van der Waals surface area contributed by atoms with E-state index in [9.17, 15) is 8.42 Å². The molecule has 0 spiro atoms. The van der Waals surface area contributed by atoms with Crippen LogP contribution >= 0.6 is 50.9 Å². The highest BCUT2D eigenvalue weighted by Crippen LogP contribution is 2.28. The molecule has 0 fully saturated rings. The van der Waals surface area contributed by atoms with Crippen LogP contribution in [0.2, 0.25) is 10.0 Å². The topological polar surface area (TPSA) is 46.2 Å². The summed E-state index contributed by atoms with van der Waals surface area (Å²) in [6.07, 6.45) is 0.648. The standard InChI is InChI=1S/C17H18BrCl2NO2S2/c1-2-12-10-13(18)6-7-17(12)25(22,23)21-8-9-24-11-14-15(19)4-3-5-16(14)20/h3-7,10,21H,2,8-9,11H2,1H3. The van der Waals surface area contributed by atoms with Crippen molar-refractivity contribution in [1.29, 1.82) is 0 Å². The molecule has 0 amide bonds. The van der Waals surface area contributed by atoms with Crippen LogP contribution in [0.15, 0.2) is 45.8 Å². The summed E-state index contributed by atoms with van der Waals surface area (Å²) in [4.78, 5) is 0.331. The third-order valence-corrected chi connectivity index (χ3v) is 7.29. The number of rotatable bonds is 8. The number of benzene rings is 2. The van der Waals surface area contributed by atoms with Crippen molar-refractivity contribution >= 4 is 60.9 Å². The van der Waals surface area contributed by atoms with Crippen LogP contribution in [-0.4, -0.2) is 20.7 Å². The zero-order valence-corrected chi connectivity index (χ0v) is 18.3. The highest BCUT2D eigenvalue weighted by Gasteiger charge is 2.17. The first-order valence-corrected chi connectivity index (χ1v) is 11.8. The van der Waals surface area contributed by atoms with Gasteiger partial charge in [0.2, 0.25) is 10.0 Å². The van der Waals surface area contributed by atoms with E-state index >= 15 is 0 Å². The van der Waals surface area contributed by atoms with Crippen molar-refractivity contribution in [1.82, 2.24) is 4.72 Å². The van der Waals surface area contributed by atoms with E-state index in [-0.39, 0.29) is 0 Å². The van der Waals surface area contributed by atoms with E-state index in [1.54, 1.807) is 42.1 Å². The van der Waals surface area contributed by atoms with Crippen molar-refractivity contribution in [2.75, 3.05) is 12.3 Å². The van der Waals surface area contributed by atoms with E-state index in [2.05, 4.69) is 20.7 Å². The normalized spacial score (nSPS) is 11.7. The Kier molecular flexibility index (Phi) is 8.11. The molecule has 0 atom stereocenters. The molecule has 2 rings (SSSR count). The minimum absolute atomic E-state index is 0.331. The Balaban J connectivity index is 1.91. The maximum atomic E-state index is 12.5. The fourth-order valence-corrected chi connectivity index (χ4v) is 5.71. The van der Waals surface area contributed by atoms with Crippen molar-refractivity contribution in [2.45, 2.75) is 24.0 Å². The predicted octanol–water partition coefficient (Wildman–Crippen LogP) is 5.53. The molecule has 0 saturated heterocycles. The average molecular weight is 483 g/mol. The Bertz CT molecular complexity index is 824. The molecule has 0 aliphatic carbocycles. The number of halogens is 3. The van der Waals surface area contributed by atoms with Crippen molar-refractivity contribution in [3.8, 4) is 0 Å². The van der Waals surface area contributed by atoms with E-state index in [1.807, 2.05) is 13.0 Å². The van der Waals surface area contributed by atoms with Gasteiger partial charge in [-0.1, -0.05) is 52.1 Å². The molecule has 2 aromatic rings. The number of aryl methyl sites for hydroxylation is 1. The molecule has 25 heavy (non-hydrogen) atoms. The number of hydrogen-bond acceptors (Lipinski definition) is 3. The van der Waals surface area contributed by atoms with Crippen molar-refractivity contribution in [3.63, 3.8) is 0 Å². The summed E-state index contributed by atoms with van der Waals surface area (Å²) in [5, 5.41) is 1.26. The first-order chi connectivity index (χ1) is 11.8. The fraction of sp³-hybridized carbons (Fsp3) is 0.294. The van der Waals surface area contributed by atoms with Crippen LogP contribution in [0.25, 0.3) is 0 Å². The minimum Gasteiger partial charge on any atom is -0.210 e. The predicted molar refractivity (Wildman–Crippen MR) is 111 cm³/mol. The summed E-state index contributed by atoms with van der Waals surface area (Å²) in [7, 11) is -3.52. The Morgan fingerprint density at radius 2 is 1.84 bits per heavy atom. The van der Waals surface area contributed by atoms with Crippen LogP contribution in [0, 0.1) is 0 Å². The molecule has 136 valence electrons. The lowest BCUT2D eigenvalue weighted by Gasteiger charge is -2.11. The first kappa shape index (κ1) is 21.1. The lowest BCUT2D eigenvalue weighted by Crippen LogP contribution is -2.27. The molecule has 0 aromatic heterocycles. The smallest absolute Gasteiger partial charge is 0.210 e. The molecule has 0 aliphatic rings. The van der Waals surface area contributed by atoms with Crippen LogP contribution in [0.5, 0.6) is 0 Å². The highest BCUT2D eigenvalue weighted by molar-refractivity contribution is 9.10. The highest BCUT2D eigenvalue weighted by atomic mass is 79.9. The van der Waals surface area contributed by atoms with Gasteiger partial charge in [0.1, 0.15) is 0 Å². The van der Waals surface area contributed by atoms with Gasteiger partial charge < -0.3 is 0 Å². The SMILES string of the molecule is CCc1cc(Br)ccc1S(=O)(=O)NCCSCc1c(Cl)cccc1Cl. The molecule has 0 aliphatic heterocycles. The monoisotopic (exact) mass is 481 g/mol. The minimum atomic E-state index is -3.52. The lowest BCUT2D eigenvalue weighted by molar-refractivity contribution is 0.583. The van der Waals surface area contributed by atoms with E-state index in [0.29, 0.717) is 39.4 Å². The van der Waals surface area contributed by atoms with E-state index < -0.39 is 10.0 Å². The molecule has 2 aromatic carbocycles. The van der Waals surface area contributed by atoms with Gasteiger partial charge in [-0.05, 0) is 47.9 Å². The molecular formula is C17H18BrCl2NO2S2. The third-order valence-electron chi connectivity index (χ3n) is 3.54. The number of thioether (sulfide) groups is 1. The van der Waals surface area contributed by atoms with Gasteiger partial charge in [0.05, 0.1) is 4.90 Å². The van der Waals surface area contributed by atoms with Gasteiger partial charge in [0, 0.05) is 32.6 Å². The molecule has 1 N–H and O–H groups in total. The Morgan fingerprint density at radius 3 is 2.48 bits per heavy atom. The molecule has 0 radical (unpaired) electrons. The first-order valence-electron chi connectivity index (χ1n) is 7.64. The molecule has 0 saturated carbocycles. The van der Waals surface area contributed by atoms with Gasteiger partial charge in [-0.3, -0.25) is 0 Å². The van der Waals surface area contributed by atoms with Crippen molar-refractivity contribution in [3.05, 3.63) is 62.0 Å². The Labute approximate surface area is 171 Å².